The Morgan fingerprint density at radius 3 is 2.37 bits per heavy atom. The zero-order valence-corrected chi connectivity index (χ0v) is 9.18. The minimum absolute atomic E-state index is 0.360. The van der Waals surface area contributed by atoms with E-state index in [1.165, 1.54) is 0 Å². The van der Waals surface area contributed by atoms with Gasteiger partial charge in [0.2, 0.25) is 5.75 Å². The molecule has 0 saturated heterocycles. The summed E-state index contributed by atoms with van der Waals surface area (Å²) in [6.45, 7) is 0. The van der Waals surface area contributed by atoms with Crippen LogP contribution in [0, 0.1) is 0 Å². The van der Waals surface area contributed by atoms with E-state index in [-0.39, 0.29) is 0 Å². The van der Waals surface area contributed by atoms with Crippen LogP contribution in [0.3, 0.4) is 0 Å². The Labute approximate surface area is 101 Å². The van der Waals surface area contributed by atoms with Gasteiger partial charge in [-0.25, -0.2) is 13.6 Å². The second kappa shape index (κ2) is 5.24. The molecule has 19 heavy (non-hydrogen) atoms. The van der Waals surface area contributed by atoms with E-state index < -0.39 is 41.3 Å². The number of methoxy groups -OCH3 is 1. The zero-order chi connectivity index (χ0) is 14.8. The Morgan fingerprint density at radius 2 is 1.95 bits per heavy atom. The molecular weight excluding hydrogens is 281 g/mol. The maximum atomic E-state index is 12.6. The lowest BCUT2D eigenvalue weighted by atomic mass is 10.2. The van der Waals surface area contributed by atoms with E-state index in [9.17, 15) is 31.5 Å². The highest BCUT2D eigenvalue weighted by Gasteiger charge is 2.35. The Bertz CT molecular complexity index is 536. The molecule has 1 N–H and O–H groups in total. The second-order valence-electron chi connectivity index (χ2n) is 3.14. The highest BCUT2D eigenvalue weighted by atomic mass is 19.4. The van der Waals surface area contributed by atoms with E-state index in [4.69, 9.17) is 0 Å². The van der Waals surface area contributed by atoms with E-state index in [0.29, 0.717) is 6.07 Å². The predicted octanol–water partition coefficient (Wildman–Crippen LogP) is 2.00. The van der Waals surface area contributed by atoms with Crippen molar-refractivity contribution in [2.45, 2.75) is 12.8 Å². The molecule has 0 saturated carbocycles. The van der Waals surface area contributed by atoms with Crippen LogP contribution in [0.1, 0.15) is 22.5 Å². The molecule has 0 radical (unpaired) electrons. The summed E-state index contributed by atoms with van der Waals surface area (Å²) in [5.41, 5.74) is -3.69. The minimum atomic E-state index is -5.32. The molecule has 10 heteroatoms. The van der Waals surface area contributed by atoms with Crippen molar-refractivity contribution in [2.24, 2.45) is 0 Å². The molecule has 0 amide bonds. The molecule has 0 unspecified atom stereocenters. The first kappa shape index (κ1) is 14.9. The first-order valence-electron chi connectivity index (χ1n) is 4.55. The number of hydrogen-bond donors (Lipinski definition) is 1. The summed E-state index contributed by atoms with van der Waals surface area (Å²) in [4.78, 5) is 23.9. The van der Waals surface area contributed by atoms with Crippen LogP contribution in [0.2, 0.25) is 0 Å². The molecule has 1 aromatic rings. The average molecular weight is 287 g/mol. The maximum absolute atomic E-state index is 12.6. The molecule has 0 atom stereocenters. The molecule has 106 valence electrons. The molecule has 0 aliphatic carbocycles. The molecular formula is C9H6F5NO4. The van der Waals surface area contributed by atoms with Crippen LogP contribution >= 0.6 is 0 Å². The van der Waals surface area contributed by atoms with E-state index in [1.54, 1.807) is 4.98 Å². The van der Waals surface area contributed by atoms with Crippen LogP contribution < -0.4 is 10.3 Å². The molecule has 0 bridgehead atoms. The van der Waals surface area contributed by atoms with Crippen molar-refractivity contribution in [3.63, 3.8) is 0 Å². The zero-order valence-electron chi connectivity index (χ0n) is 9.18. The van der Waals surface area contributed by atoms with Gasteiger partial charge in [-0.05, 0) is 6.07 Å². The summed E-state index contributed by atoms with van der Waals surface area (Å²) >= 11 is 0. The van der Waals surface area contributed by atoms with Crippen LogP contribution in [0.4, 0.5) is 22.0 Å². The third-order valence-electron chi connectivity index (χ3n) is 1.87. The van der Waals surface area contributed by atoms with Gasteiger partial charge in [0.15, 0.2) is 0 Å². The lowest BCUT2D eigenvalue weighted by Gasteiger charge is -2.12. The standard InChI is InChI=1S/C9H6F5NO4/c1-18-8(17)4-2-3(6(10)11)5(7(16)15-4)19-9(12,13)14/h2,6H,1H3,(H,15,16). The van der Waals surface area contributed by atoms with Crippen LogP contribution in [-0.2, 0) is 4.74 Å². The van der Waals surface area contributed by atoms with Gasteiger partial charge in [-0.15, -0.1) is 13.2 Å². The molecule has 0 aromatic carbocycles. The topological polar surface area (TPSA) is 68.4 Å². The minimum Gasteiger partial charge on any atom is -0.464 e. The molecule has 1 heterocycles. The summed E-state index contributed by atoms with van der Waals surface area (Å²) < 4.78 is 68.5. The van der Waals surface area contributed by atoms with Crippen LogP contribution in [0.5, 0.6) is 5.75 Å². The monoisotopic (exact) mass is 287 g/mol. The number of aromatic nitrogens is 1. The molecule has 0 aliphatic rings. The van der Waals surface area contributed by atoms with Gasteiger partial charge in [-0.3, -0.25) is 4.79 Å². The van der Waals surface area contributed by atoms with Crippen molar-refractivity contribution in [3.05, 3.63) is 27.7 Å². The highest BCUT2D eigenvalue weighted by Crippen LogP contribution is 2.30. The first-order valence-corrected chi connectivity index (χ1v) is 4.55. The summed E-state index contributed by atoms with van der Waals surface area (Å²) in [6, 6.07) is 0.360. The lowest BCUT2D eigenvalue weighted by molar-refractivity contribution is -0.275. The average Bonchev–Trinajstić information content (AvgIpc) is 2.28. The normalized spacial score (nSPS) is 11.5. The number of halogens is 5. The highest BCUT2D eigenvalue weighted by molar-refractivity contribution is 5.87. The molecule has 1 aromatic heterocycles. The Hall–Kier alpha value is -2.13. The van der Waals surface area contributed by atoms with Gasteiger partial charge in [-0.2, -0.15) is 0 Å². The van der Waals surface area contributed by atoms with Gasteiger partial charge in [0, 0.05) is 0 Å². The number of carbonyl (C=O) groups is 1. The fraction of sp³-hybridized carbons (Fsp3) is 0.333. The number of aromatic amines is 1. The lowest BCUT2D eigenvalue weighted by Crippen LogP contribution is -2.26. The van der Waals surface area contributed by atoms with Crippen molar-refractivity contribution in [2.75, 3.05) is 7.11 Å². The molecule has 0 aliphatic heterocycles. The SMILES string of the molecule is COC(=O)c1cc(C(F)F)c(OC(F)(F)F)c(=O)[nH]1. The molecule has 1 rings (SSSR count). The number of rotatable bonds is 3. The largest absolute Gasteiger partial charge is 0.573 e. The molecule has 5 nitrogen and oxygen atoms in total. The summed E-state index contributed by atoms with van der Waals surface area (Å²) in [6.07, 6.45) is -8.76. The Morgan fingerprint density at radius 1 is 1.37 bits per heavy atom. The van der Waals surface area contributed by atoms with E-state index in [1.807, 2.05) is 0 Å². The van der Waals surface area contributed by atoms with Crippen LogP contribution in [-0.4, -0.2) is 24.4 Å². The van der Waals surface area contributed by atoms with E-state index >= 15 is 0 Å². The fourth-order valence-electron chi connectivity index (χ4n) is 1.17. The second-order valence-corrected chi connectivity index (χ2v) is 3.14. The number of alkyl halides is 5. The Kier molecular flexibility index (Phi) is 4.12. The van der Waals surface area contributed by atoms with Gasteiger partial charge in [0.25, 0.3) is 12.0 Å². The number of H-pyrrole nitrogens is 1. The van der Waals surface area contributed by atoms with Crippen molar-refractivity contribution in [1.82, 2.24) is 4.98 Å². The molecule has 0 fully saturated rings. The van der Waals surface area contributed by atoms with Gasteiger partial charge in [0.1, 0.15) is 5.69 Å². The summed E-state index contributed by atoms with van der Waals surface area (Å²) in [5.74, 6) is -2.80. The van der Waals surface area contributed by atoms with Crippen molar-refractivity contribution in [1.29, 1.82) is 0 Å². The fourth-order valence-corrected chi connectivity index (χ4v) is 1.17. The summed E-state index contributed by atoms with van der Waals surface area (Å²) in [5, 5.41) is 0. The number of hydrogen-bond acceptors (Lipinski definition) is 4. The smallest absolute Gasteiger partial charge is 0.464 e. The van der Waals surface area contributed by atoms with Crippen LogP contribution in [0.15, 0.2) is 10.9 Å². The van der Waals surface area contributed by atoms with E-state index in [0.717, 1.165) is 7.11 Å². The first-order chi connectivity index (χ1) is 8.65. The number of nitrogens with one attached hydrogen (secondary N) is 1. The van der Waals surface area contributed by atoms with Gasteiger partial charge in [0.05, 0.1) is 12.7 Å². The van der Waals surface area contributed by atoms with Gasteiger partial charge in [-0.1, -0.05) is 0 Å². The number of pyridine rings is 1. The van der Waals surface area contributed by atoms with Gasteiger partial charge >= 0.3 is 12.3 Å². The maximum Gasteiger partial charge on any atom is 0.573 e. The predicted molar refractivity (Wildman–Crippen MR) is 50.0 cm³/mol. The van der Waals surface area contributed by atoms with Crippen molar-refractivity contribution < 1.29 is 36.2 Å². The third kappa shape index (κ3) is 3.66. The van der Waals surface area contributed by atoms with E-state index in [2.05, 4.69) is 9.47 Å². The van der Waals surface area contributed by atoms with Crippen molar-refractivity contribution in [3.8, 4) is 5.75 Å². The van der Waals surface area contributed by atoms with Crippen molar-refractivity contribution >= 4 is 5.97 Å². The van der Waals surface area contributed by atoms with Gasteiger partial charge < -0.3 is 14.5 Å². The number of esters is 1. The number of ether oxygens (including phenoxy) is 2. The molecule has 0 spiro atoms. The third-order valence-corrected chi connectivity index (χ3v) is 1.87. The number of carbonyl (C=O) groups excluding carboxylic acids is 1. The quantitative estimate of drug-likeness (QED) is 0.682. The Balaban J connectivity index is 3.40. The summed E-state index contributed by atoms with van der Waals surface area (Å²) in [7, 11) is 0.906. The van der Waals surface area contributed by atoms with Crippen LogP contribution in [0.25, 0.3) is 0 Å².